The molecule has 2 amide bonds. The molecular weight excluding hydrogens is 270 g/mol. The molecule has 21 heavy (non-hydrogen) atoms. The van der Waals surface area contributed by atoms with Crippen LogP contribution in [-0.4, -0.2) is 49.2 Å². The van der Waals surface area contributed by atoms with Crippen molar-refractivity contribution in [2.24, 2.45) is 5.92 Å². The van der Waals surface area contributed by atoms with E-state index in [1.165, 1.54) is 0 Å². The molecule has 0 radical (unpaired) electrons. The topological polar surface area (TPSA) is 72.9 Å². The Hall–Kier alpha value is -2.24. The lowest BCUT2D eigenvalue weighted by Crippen LogP contribution is -2.33. The van der Waals surface area contributed by atoms with Gasteiger partial charge in [0.15, 0.2) is 0 Å². The smallest absolute Gasteiger partial charge is 0.321 e. The van der Waals surface area contributed by atoms with Gasteiger partial charge in [-0.1, -0.05) is 12.1 Å². The quantitative estimate of drug-likeness (QED) is 0.891. The van der Waals surface area contributed by atoms with E-state index in [0.29, 0.717) is 13.1 Å². The number of urea groups is 1. The zero-order valence-electron chi connectivity index (χ0n) is 12.4. The van der Waals surface area contributed by atoms with Crippen LogP contribution in [0, 0.1) is 5.92 Å². The van der Waals surface area contributed by atoms with Crippen LogP contribution in [0.15, 0.2) is 24.3 Å². The number of carbonyl (C=O) groups is 2. The molecule has 1 unspecified atom stereocenters. The van der Waals surface area contributed by atoms with Crippen LogP contribution in [-0.2, 0) is 4.79 Å². The molecule has 0 aromatic heterocycles. The fourth-order valence-electron chi connectivity index (χ4n) is 2.59. The third kappa shape index (κ3) is 3.87. The first-order chi connectivity index (χ1) is 9.97. The summed E-state index contributed by atoms with van der Waals surface area (Å²) >= 11 is 0. The average molecular weight is 291 g/mol. The van der Waals surface area contributed by atoms with Crippen LogP contribution in [0.25, 0.3) is 0 Å². The molecule has 1 atom stereocenters. The number of carboxylic acids is 1. The molecule has 114 valence electrons. The van der Waals surface area contributed by atoms with E-state index in [9.17, 15) is 9.59 Å². The van der Waals surface area contributed by atoms with Gasteiger partial charge in [0.2, 0.25) is 0 Å². The van der Waals surface area contributed by atoms with E-state index < -0.39 is 5.97 Å². The zero-order valence-corrected chi connectivity index (χ0v) is 12.4. The Morgan fingerprint density at radius 1 is 1.38 bits per heavy atom. The Bertz CT molecular complexity index is 531. The number of carboxylic acid groups (broad SMARTS) is 1. The molecular formula is C15H21N3O3. The number of aliphatic carboxylic acids is 1. The van der Waals surface area contributed by atoms with Crippen molar-refractivity contribution in [1.29, 1.82) is 0 Å². The molecule has 0 spiro atoms. The standard InChI is InChI=1S/C15H21N3O3/c1-17(2)13-6-4-3-5-12(13)16-15(21)18-8-7-11(10-18)9-14(19)20/h3-6,11H,7-10H2,1-2H3,(H,16,21)(H,19,20). The first-order valence-corrected chi connectivity index (χ1v) is 7.01. The fraction of sp³-hybridized carbons (Fsp3) is 0.467. The fourth-order valence-corrected chi connectivity index (χ4v) is 2.59. The minimum atomic E-state index is -0.805. The van der Waals surface area contributed by atoms with Crippen LogP contribution < -0.4 is 10.2 Å². The van der Waals surface area contributed by atoms with E-state index in [1.54, 1.807) is 4.90 Å². The first-order valence-electron chi connectivity index (χ1n) is 7.01. The van der Waals surface area contributed by atoms with E-state index in [4.69, 9.17) is 5.11 Å². The van der Waals surface area contributed by atoms with Gasteiger partial charge in [0, 0.05) is 33.6 Å². The van der Waals surface area contributed by atoms with Crippen molar-refractivity contribution >= 4 is 23.4 Å². The van der Waals surface area contributed by atoms with Crippen LogP contribution in [0.5, 0.6) is 0 Å². The van der Waals surface area contributed by atoms with Gasteiger partial charge in [-0.2, -0.15) is 0 Å². The van der Waals surface area contributed by atoms with Crippen LogP contribution in [0.4, 0.5) is 16.2 Å². The lowest BCUT2D eigenvalue weighted by atomic mass is 10.1. The number of nitrogens with one attached hydrogen (secondary N) is 1. The molecule has 1 aromatic carbocycles. The Kier molecular flexibility index (Phi) is 4.67. The van der Waals surface area contributed by atoms with E-state index in [-0.39, 0.29) is 18.4 Å². The SMILES string of the molecule is CN(C)c1ccccc1NC(=O)N1CCC(CC(=O)O)C1. The summed E-state index contributed by atoms with van der Waals surface area (Å²) in [6, 6.07) is 7.42. The van der Waals surface area contributed by atoms with Crippen molar-refractivity contribution in [2.45, 2.75) is 12.8 Å². The number of likely N-dealkylation sites (tertiary alicyclic amines) is 1. The van der Waals surface area contributed by atoms with Gasteiger partial charge in [0.05, 0.1) is 11.4 Å². The molecule has 6 heteroatoms. The van der Waals surface area contributed by atoms with Crippen molar-refractivity contribution in [3.05, 3.63) is 24.3 Å². The molecule has 1 heterocycles. The van der Waals surface area contributed by atoms with Gasteiger partial charge in [0.25, 0.3) is 0 Å². The van der Waals surface area contributed by atoms with Crippen molar-refractivity contribution in [1.82, 2.24) is 4.90 Å². The average Bonchev–Trinajstić information content (AvgIpc) is 2.86. The third-order valence-corrected chi connectivity index (χ3v) is 3.66. The Labute approximate surface area is 124 Å². The first kappa shape index (κ1) is 15.2. The van der Waals surface area contributed by atoms with E-state index >= 15 is 0 Å². The Morgan fingerprint density at radius 2 is 2.10 bits per heavy atom. The third-order valence-electron chi connectivity index (χ3n) is 3.66. The normalized spacial score (nSPS) is 17.6. The number of hydrogen-bond donors (Lipinski definition) is 2. The molecule has 2 rings (SSSR count). The number of nitrogens with zero attached hydrogens (tertiary/aromatic N) is 2. The lowest BCUT2D eigenvalue weighted by Gasteiger charge is -2.21. The summed E-state index contributed by atoms with van der Waals surface area (Å²) in [7, 11) is 3.84. The summed E-state index contributed by atoms with van der Waals surface area (Å²) in [5.74, 6) is -0.752. The predicted octanol–water partition coefficient (Wildman–Crippen LogP) is 2.08. The maximum absolute atomic E-state index is 12.3. The van der Waals surface area contributed by atoms with E-state index in [0.717, 1.165) is 17.8 Å². The molecule has 0 aliphatic carbocycles. The van der Waals surface area contributed by atoms with E-state index in [2.05, 4.69) is 5.32 Å². The summed E-state index contributed by atoms with van der Waals surface area (Å²) in [4.78, 5) is 26.6. The van der Waals surface area contributed by atoms with E-state index in [1.807, 2.05) is 43.3 Å². The minimum Gasteiger partial charge on any atom is -0.481 e. The van der Waals surface area contributed by atoms with Gasteiger partial charge in [0.1, 0.15) is 0 Å². The molecule has 0 saturated carbocycles. The number of benzene rings is 1. The van der Waals surface area contributed by atoms with Crippen LogP contribution in [0.1, 0.15) is 12.8 Å². The number of amides is 2. The van der Waals surface area contributed by atoms with Crippen LogP contribution in [0.2, 0.25) is 0 Å². The van der Waals surface area contributed by atoms with Crippen molar-refractivity contribution in [3.8, 4) is 0 Å². The maximum Gasteiger partial charge on any atom is 0.321 e. The van der Waals surface area contributed by atoms with Crippen LogP contribution in [0.3, 0.4) is 0 Å². The maximum atomic E-state index is 12.3. The summed E-state index contributed by atoms with van der Waals surface area (Å²) in [5.41, 5.74) is 1.70. The molecule has 0 bridgehead atoms. The van der Waals surface area contributed by atoms with Crippen LogP contribution >= 0.6 is 0 Å². The molecule has 6 nitrogen and oxygen atoms in total. The predicted molar refractivity (Wildman–Crippen MR) is 81.7 cm³/mol. The molecule has 2 N–H and O–H groups in total. The monoisotopic (exact) mass is 291 g/mol. The highest BCUT2D eigenvalue weighted by Crippen LogP contribution is 2.25. The Morgan fingerprint density at radius 3 is 2.76 bits per heavy atom. The molecule has 1 aromatic rings. The summed E-state index contributed by atoms with van der Waals surface area (Å²) < 4.78 is 0. The van der Waals surface area contributed by atoms with Crippen molar-refractivity contribution in [3.63, 3.8) is 0 Å². The molecule has 1 fully saturated rings. The Balaban J connectivity index is 1.98. The van der Waals surface area contributed by atoms with Gasteiger partial charge in [-0.25, -0.2) is 4.79 Å². The second-order valence-electron chi connectivity index (χ2n) is 5.54. The van der Waals surface area contributed by atoms with Crippen molar-refractivity contribution < 1.29 is 14.7 Å². The minimum absolute atomic E-state index is 0.0531. The zero-order chi connectivity index (χ0) is 15.4. The molecule has 1 saturated heterocycles. The van der Waals surface area contributed by atoms with Gasteiger partial charge in [-0.3, -0.25) is 4.79 Å². The number of carbonyl (C=O) groups excluding carboxylic acids is 1. The van der Waals surface area contributed by atoms with Gasteiger partial charge < -0.3 is 20.2 Å². The number of para-hydroxylation sites is 2. The summed E-state index contributed by atoms with van der Waals surface area (Å²) in [6.07, 6.45) is 0.868. The summed E-state index contributed by atoms with van der Waals surface area (Å²) in [6.45, 7) is 1.11. The highest BCUT2D eigenvalue weighted by Gasteiger charge is 2.28. The second kappa shape index (κ2) is 6.47. The number of hydrogen-bond acceptors (Lipinski definition) is 3. The highest BCUT2D eigenvalue weighted by molar-refractivity contribution is 5.93. The molecule has 1 aliphatic rings. The summed E-state index contributed by atoms with van der Waals surface area (Å²) in [5, 5.41) is 11.7. The molecule has 1 aliphatic heterocycles. The van der Waals surface area contributed by atoms with Gasteiger partial charge >= 0.3 is 12.0 Å². The number of rotatable bonds is 4. The highest BCUT2D eigenvalue weighted by atomic mass is 16.4. The number of anilines is 2. The van der Waals surface area contributed by atoms with Gasteiger partial charge in [-0.15, -0.1) is 0 Å². The second-order valence-corrected chi connectivity index (χ2v) is 5.54. The van der Waals surface area contributed by atoms with Gasteiger partial charge in [-0.05, 0) is 24.5 Å². The van der Waals surface area contributed by atoms with Crippen molar-refractivity contribution in [2.75, 3.05) is 37.4 Å². The largest absolute Gasteiger partial charge is 0.481 e. The lowest BCUT2D eigenvalue weighted by molar-refractivity contribution is -0.138.